The molecule has 2 N–H and O–H groups in total. The number of thiophene rings is 1. The first-order valence-corrected chi connectivity index (χ1v) is 16.2. The third-order valence-electron chi connectivity index (χ3n) is 8.96. The molecule has 9 nitrogen and oxygen atoms in total. The molecule has 230 valence electrons. The van der Waals surface area contributed by atoms with Crippen LogP contribution in [-0.4, -0.2) is 60.8 Å². The van der Waals surface area contributed by atoms with E-state index in [0.717, 1.165) is 43.4 Å². The van der Waals surface area contributed by atoms with Crippen molar-refractivity contribution >= 4 is 35.0 Å². The van der Waals surface area contributed by atoms with Crippen molar-refractivity contribution in [1.82, 2.24) is 5.32 Å². The number of hydrogen-bond donors (Lipinski definition) is 2. The summed E-state index contributed by atoms with van der Waals surface area (Å²) in [6.45, 7) is 9.22. The molecule has 1 aromatic heterocycles. The molecule has 4 fully saturated rings. The van der Waals surface area contributed by atoms with Gasteiger partial charge in [0.15, 0.2) is 6.29 Å². The number of carboxylic acid groups (broad SMARTS) is 1. The van der Waals surface area contributed by atoms with Gasteiger partial charge in [0.25, 0.3) is 0 Å². The van der Waals surface area contributed by atoms with E-state index >= 15 is 0 Å². The maximum Gasteiger partial charge on any atom is 0.407 e. The molecule has 5 rings (SSSR count). The summed E-state index contributed by atoms with van der Waals surface area (Å²) in [4.78, 5) is 41.8. The normalized spacial score (nSPS) is 31.0. The third-order valence-corrected chi connectivity index (χ3v) is 9.98. The minimum Gasteiger partial charge on any atom is -0.477 e. The van der Waals surface area contributed by atoms with Gasteiger partial charge in [-0.3, -0.25) is 4.79 Å². The highest BCUT2D eigenvalue weighted by molar-refractivity contribution is 7.15. The second kappa shape index (κ2) is 12.9. The largest absolute Gasteiger partial charge is 0.477 e. The van der Waals surface area contributed by atoms with Gasteiger partial charge in [-0.05, 0) is 90.5 Å². The van der Waals surface area contributed by atoms with Crippen molar-refractivity contribution < 1.29 is 33.7 Å². The van der Waals surface area contributed by atoms with Crippen LogP contribution in [0.4, 0.5) is 10.5 Å². The van der Waals surface area contributed by atoms with Gasteiger partial charge < -0.3 is 29.5 Å². The van der Waals surface area contributed by atoms with E-state index in [-0.39, 0.29) is 52.5 Å². The lowest BCUT2D eigenvalue weighted by Crippen LogP contribution is -2.49. The van der Waals surface area contributed by atoms with Crippen molar-refractivity contribution in [2.24, 2.45) is 23.2 Å². The summed E-state index contributed by atoms with van der Waals surface area (Å²) in [5, 5.41) is 13.2. The number of nitrogens with zero attached hydrogens (tertiary/aromatic N) is 1. The number of carboxylic acids is 1. The van der Waals surface area contributed by atoms with Gasteiger partial charge in [-0.2, -0.15) is 0 Å². The van der Waals surface area contributed by atoms with Crippen LogP contribution in [0.3, 0.4) is 0 Å². The minimum atomic E-state index is -1.04. The minimum absolute atomic E-state index is 0.0166. The number of carbonyl (C=O) groups excluding carboxylic acids is 2. The Hall–Kier alpha value is -2.61. The molecule has 2 saturated carbocycles. The van der Waals surface area contributed by atoms with E-state index in [1.165, 1.54) is 0 Å². The molecule has 1 aromatic rings. The smallest absolute Gasteiger partial charge is 0.407 e. The number of anilines is 1. The standard InChI is InChI=1S/C32H44N2O7S/c1-19-5-7-20(8-6-19)28(35)34(25-17-23(13-15-32(2,3)4)42-27(25)29(36)37)22-11-9-21(10-12-22)33-31(38)41-26-18-40-30-24(26)14-16-39-30/h17,19-22,24,26,30H,5-12,14,16,18H2,1-4H3,(H,33,38)(H,36,37)/t19-,20-,21?,22?,24-,26-,30+/m0/s1. The van der Waals surface area contributed by atoms with Crippen LogP contribution in [0, 0.1) is 35.0 Å². The van der Waals surface area contributed by atoms with Gasteiger partial charge in [0, 0.05) is 23.4 Å². The van der Waals surface area contributed by atoms with E-state index in [1.54, 1.807) is 11.0 Å². The van der Waals surface area contributed by atoms with Gasteiger partial charge >= 0.3 is 12.1 Å². The van der Waals surface area contributed by atoms with Crippen molar-refractivity contribution in [2.45, 2.75) is 110 Å². The summed E-state index contributed by atoms with van der Waals surface area (Å²) < 4.78 is 16.8. The van der Waals surface area contributed by atoms with E-state index in [9.17, 15) is 19.5 Å². The Balaban J connectivity index is 1.30. The van der Waals surface area contributed by atoms with E-state index in [2.05, 4.69) is 24.1 Å². The zero-order valence-corrected chi connectivity index (χ0v) is 26.0. The Morgan fingerprint density at radius 3 is 2.43 bits per heavy atom. The number of fused-ring (bicyclic) bond motifs is 1. The van der Waals surface area contributed by atoms with Gasteiger partial charge in [-0.1, -0.05) is 18.8 Å². The Kier molecular flexibility index (Phi) is 9.50. The third kappa shape index (κ3) is 7.29. The maximum atomic E-state index is 14.1. The zero-order chi connectivity index (χ0) is 30.0. The van der Waals surface area contributed by atoms with Gasteiger partial charge in [-0.15, -0.1) is 11.3 Å². The van der Waals surface area contributed by atoms with E-state index in [1.807, 2.05) is 20.8 Å². The average molecular weight is 601 g/mol. The first-order chi connectivity index (χ1) is 20.0. The lowest BCUT2D eigenvalue weighted by molar-refractivity contribution is -0.124. The average Bonchev–Trinajstić information content (AvgIpc) is 3.66. The summed E-state index contributed by atoms with van der Waals surface area (Å²) >= 11 is 1.14. The second-order valence-electron chi connectivity index (χ2n) is 13.4. The number of carbonyl (C=O) groups is 3. The highest BCUT2D eigenvalue weighted by Gasteiger charge is 2.44. The number of hydrogen-bond acceptors (Lipinski definition) is 7. The molecule has 0 radical (unpaired) electrons. The van der Waals surface area contributed by atoms with E-state index < -0.39 is 12.1 Å². The summed E-state index contributed by atoms with van der Waals surface area (Å²) in [6.07, 6.45) is 6.09. The molecule has 3 atom stereocenters. The number of ether oxygens (including phenoxy) is 3. The van der Waals surface area contributed by atoms with Crippen LogP contribution in [0.5, 0.6) is 0 Å². The predicted octanol–water partition coefficient (Wildman–Crippen LogP) is 5.80. The van der Waals surface area contributed by atoms with Crippen molar-refractivity contribution in [3.63, 3.8) is 0 Å². The summed E-state index contributed by atoms with van der Waals surface area (Å²) in [6, 6.07) is 1.57. The molecule has 0 unspecified atom stereocenters. The molecule has 0 bridgehead atoms. The van der Waals surface area contributed by atoms with E-state index in [0.29, 0.717) is 55.4 Å². The van der Waals surface area contributed by atoms with Crippen LogP contribution in [-0.2, 0) is 19.0 Å². The van der Waals surface area contributed by atoms with Gasteiger partial charge in [0.05, 0.1) is 29.7 Å². The predicted molar refractivity (Wildman–Crippen MR) is 159 cm³/mol. The molecule has 0 aromatic carbocycles. The van der Waals surface area contributed by atoms with Crippen LogP contribution < -0.4 is 10.2 Å². The zero-order valence-electron chi connectivity index (χ0n) is 25.1. The van der Waals surface area contributed by atoms with Crippen LogP contribution in [0.1, 0.15) is 100 Å². The number of nitrogens with one attached hydrogen (secondary N) is 1. The number of aromatic carboxylic acids is 1. The van der Waals surface area contributed by atoms with Crippen LogP contribution in [0.25, 0.3) is 0 Å². The summed E-state index contributed by atoms with van der Waals surface area (Å²) in [5.41, 5.74) is 0.228. The highest BCUT2D eigenvalue weighted by Crippen LogP contribution is 2.39. The Morgan fingerprint density at radius 1 is 1.05 bits per heavy atom. The topological polar surface area (TPSA) is 114 Å². The summed E-state index contributed by atoms with van der Waals surface area (Å²) in [7, 11) is 0. The Morgan fingerprint density at radius 2 is 1.76 bits per heavy atom. The number of rotatable bonds is 6. The van der Waals surface area contributed by atoms with Crippen LogP contribution >= 0.6 is 11.3 Å². The molecule has 3 heterocycles. The first kappa shape index (κ1) is 30.8. The summed E-state index contributed by atoms with van der Waals surface area (Å²) in [5.74, 6) is 5.88. The fourth-order valence-corrected chi connectivity index (χ4v) is 7.43. The quantitative estimate of drug-likeness (QED) is 0.397. The van der Waals surface area contributed by atoms with Crippen molar-refractivity contribution in [3.05, 3.63) is 15.8 Å². The molecule has 2 amide bonds. The van der Waals surface area contributed by atoms with Gasteiger partial charge in [0.1, 0.15) is 11.0 Å². The lowest BCUT2D eigenvalue weighted by atomic mass is 9.81. The number of alkyl carbamates (subject to hydrolysis) is 1. The highest BCUT2D eigenvalue weighted by atomic mass is 32.1. The Bertz CT molecular complexity index is 1210. The molecule has 2 saturated heterocycles. The molecule has 10 heteroatoms. The molecule has 2 aliphatic carbocycles. The molecular formula is C32H44N2O7S. The van der Waals surface area contributed by atoms with E-state index in [4.69, 9.17) is 14.2 Å². The van der Waals surface area contributed by atoms with Crippen molar-refractivity contribution in [3.8, 4) is 11.8 Å². The van der Waals surface area contributed by atoms with Crippen LogP contribution in [0.2, 0.25) is 0 Å². The monoisotopic (exact) mass is 600 g/mol. The van der Waals surface area contributed by atoms with Crippen molar-refractivity contribution in [1.29, 1.82) is 0 Å². The maximum absolute atomic E-state index is 14.1. The number of amides is 2. The van der Waals surface area contributed by atoms with Crippen LogP contribution in [0.15, 0.2) is 6.07 Å². The molecule has 42 heavy (non-hydrogen) atoms. The fraction of sp³-hybridized carbons (Fsp3) is 0.719. The molecule has 4 aliphatic rings. The lowest BCUT2D eigenvalue weighted by Gasteiger charge is -2.39. The van der Waals surface area contributed by atoms with Gasteiger partial charge in [0.2, 0.25) is 5.91 Å². The first-order valence-electron chi connectivity index (χ1n) is 15.4. The Labute approximate surface area is 252 Å². The molecular weight excluding hydrogens is 556 g/mol. The molecule has 2 aliphatic heterocycles. The fourth-order valence-electron chi connectivity index (χ4n) is 6.59. The SMILES string of the molecule is CC(C)(C)C#Cc1cc(N(C(=O)[C@H]2CC[C@H](C)CC2)C2CCC(NC(=O)O[C@H]3CO[C@H]4OCC[C@H]43)CC2)c(C(=O)O)s1. The van der Waals surface area contributed by atoms with Crippen molar-refractivity contribution in [2.75, 3.05) is 18.1 Å². The molecule has 0 spiro atoms. The second-order valence-corrected chi connectivity index (χ2v) is 14.5. The van der Waals surface area contributed by atoms with Gasteiger partial charge in [-0.25, -0.2) is 9.59 Å².